The summed E-state index contributed by atoms with van der Waals surface area (Å²) >= 11 is 0.768. The van der Waals surface area contributed by atoms with Crippen LogP contribution in [-0.4, -0.2) is 15.0 Å². The molecule has 0 fully saturated rings. The number of sulfonamides is 1. The molecule has 0 spiro atoms. The van der Waals surface area contributed by atoms with E-state index in [0.717, 1.165) is 17.4 Å². The third-order valence-corrected chi connectivity index (χ3v) is 9.74. The fourth-order valence-corrected chi connectivity index (χ4v) is 7.57. The van der Waals surface area contributed by atoms with Crippen LogP contribution in [0.5, 0.6) is 5.75 Å². The fraction of sp³-hybridized carbons (Fsp3) is 0.167. The third-order valence-electron chi connectivity index (χ3n) is 5.49. The number of aromatic nitrogens is 1. The van der Waals surface area contributed by atoms with E-state index < -0.39 is 46.3 Å². The van der Waals surface area contributed by atoms with E-state index in [1.807, 2.05) is 35.2 Å². The van der Waals surface area contributed by atoms with Crippen LogP contribution < -0.4 is 23.8 Å². The van der Waals surface area contributed by atoms with Gasteiger partial charge in [0.2, 0.25) is 0 Å². The summed E-state index contributed by atoms with van der Waals surface area (Å²) in [5.41, 5.74) is -3.09. The van der Waals surface area contributed by atoms with Gasteiger partial charge in [-0.2, -0.15) is 23.2 Å². The number of nitriles is 1. The maximum absolute atomic E-state index is 13.4. The third kappa shape index (κ3) is 6.83. The highest BCUT2D eigenvalue weighted by molar-refractivity contribution is 7.92. The van der Waals surface area contributed by atoms with Gasteiger partial charge in [0.15, 0.2) is 18.9 Å². The van der Waals surface area contributed by atoms with Crippen LogP contribution in [-0.2, 0) is 27.3 Å². The monoisotopic (exact) mass is 596 g/mol. The highest BCUT2D eigenvalue weighted by Crippen LogP contribution is 2.45. The van der Waals surface area contributed by atoms with Crippen LogP contribution in [0.1, 0.15) is 22.5 Å². The van der Waals surface area contributed by atoms with Gasteiger partial charge in [-0.15, -0.1) is 11.3 Å². The molecule has 0 aliphatic carbocycles. The Balaban J connectivity index is 1.59. The van der Waals surface area contributed by atoms with Crippen LogP contribution >= 0.6 is 18.9 Å². The Bertz CT molecular complexity index is 1700. The van der Waals surface area contributed by atoms with Crippen LogP contribution in [0, 0.1) is 11.3 Å². The van der Waals surface area contributed by atoms with E-state index in [4.69, 9.17) is 10.00 Å². The molecule has 9 nitrogen and oxygen atoms in total. The van der Waals surface area contributed by atoms with Gasteiger partial charge >= 0.3 is 6.18 Å². The molecular weight excluding hydrogens is 578 g/mol. The van der Waals surface area contributed by atoms with Crippen molar-refractivity contribution >= 4 is 39.0 Å². The largest absolute Gasteiger partial charge is 0.809 e. The quantitative estimate of drug-likeness (QED) is 0.231. The lowest BCUT2D eigenvalue weighted by Gasteiger charge is -2.38. The first-order valence-corrected chi connectivity index (χ1v) is 14.9. The Morgan fingerprint density at radius 3 is 2.46 bits per heavy atom. The molecule has 204 valence electrons. The number of nitrogens with one attached hydrogen (secondary N) is 1. The molecular formula is C24H18F3N3O6PS2-. The number of rotatable bonds is 9. The molecule has 4 aromatic rings. The summed E-state index contributed by atoms with van der Waals surface area (Å²) in [4.78, 5) is 23.9. The lowest BCUT2D eigenvalue weighted by molar-refractivity contribution is -0.697. The van der Waals surface area contributed by atoms with Gasteiger partial charge < -0.3 is 19.1 Å². The number of halogens is 3. The summed E-state index contributed by atoms with van der Waals surface area (Å²) in [5.74, 6) is -2.09. The van der Waals surface area contributed by atoms with Gasteiger partial charge in [-0.25, -0.2) is 13.0 Å². The molecule has 1 unspecified atom stereocenters. The Kier molecular flexibility index (Phi) is 8.13. The second-order valence-electron chi connectivity index (χ2n) is 8.21. The minimum atomic E-state index is -5.85. The number of alkyl halides is 3. The van der Waals surface area contributed by atoms with Crippen molar-refractivity contribution in [3.05, 3.63) is 89.7 Å². The molecule has 1 N–H and O–H groups in total. The number of hydrogen-bond acceptors (Lipinski definition) is 8. The van der Waals surface area contributed by atoms with Crippen molar-refractivity contribution < 1.29 is 45.2 Å². The minimum absolute atomic E-state index is 0.274. The predicted molar refractivity (Wildman–Crippen MR) is 131 cm³/mol. The van der Waals surface area contributed by atoms with Crippen molar-refractivity contribution in [2.45, 2.75) is 22.7 Å². The second-order valence-corrected chi connectivity index (χ2v) is 12.8. The number of benzene rings is 2. The Morgan fingerprint density at radius 1 is 1.10 bits per heavy atom. The van der Waals surface area contributed by atoms with E-state index in [1.54, 1.807) is 22.9 Å². The average molecular weight is 597 g/mol. The van der Waals surface area contributed by atoms with Crippen LogP contribution in [0.2, 0.25) is 0 Å². The van der Waals surface area contributed by atoms with Crippen molar-refractivity contribution in [1.29, 1.82) is 5.26 Å². The van der Waals surface area contributed by atoms with Crippen molar-refractivity contribution in [2.24, 2.45) is 0 Å². The summed E-state index contributed by atoms with van der Waals surface area (Å²) in [5, 5.41) is 9.40. The summed E-state index contributed by atoms with van der Waals surface area (Å²) in [6.45, 7) is 0.884. The van der Waals surface area contributed by atoms with E-state index in [2.05, 4.69) is 0 Å². The molecule has 2 aromatic carbocycles. The molecule has 0 saturated carbocycles. The lowest BCUT2D eigenvalue weighted by Crippen LogP contribution is -2.35. The van der Waals surface area contributed by atoms with Gasteiger partial charge in [-0.05, 0) is 54.9 Å². The molecule has 0 aliphatic heterocycles. The molecule has 15 heteroatoms. The summed E-state index contributed by atoms with van der Waals surface area (Å²) < 4.78 is 87.6. The fourth-order valence-electron chi connectivity index (χ4n) is 3.66. The zero-order chi connectivity index (χ0) is 28.4. The standard InChI is InChI=1S/C24H19F3N3O6PS2/c25-24(26,27)20-13-16(4-5-17(20)15-28)23(37(31,32)33)29-39(34,35)22-14-18-12-19(6-7-21(18)38-22)36-11-10-30-8-2-1-3-9-30/h1-9,12-14,23,29H,10-11H2,(H-,31,32,33)/p-1. The van der Waals surface area contributed by atoms with E-state index >= 15 is 0 Å². The summed E-state index contributed by atoms with van der Waals surface area (Å²) in [7, 11) is -10.5. The first-order valence-electron chi connectivity index (χ1n) is 11.0. The zero-order valence-corrected chi connectivity index (χ0v) is 22.2. The molecule has 39 heavy (non-hydrogen) atoms. The molecule has 0 amide bonds. The number of thiophene rings is 1. The van der Waals surface area contributed by atoms with Crippen LogP contribution in [0.15, 0.2) is 77.3 Å². The van der Waals surface area contributed by atoms with Gasteiger partial charge in [0.25, 0.3) is 10.0 Å². The number of nitrogens with zero attached hydrogens (tertiary/aromatic N) is 2. The first kappa shape index (κ1) is 28.7. The highest BCUT2D eigenvalue weighted by atomic mass is 32.2. The number of pyridine rings is 1. The summed E-state index contributed by atoms with van der Waals surface area (Å²) in [6, 6.07) is 14.7. The van der Waals surface area contributed by atoms with Crippen molar-refractivity contribution in [3.63, 3.8) is 0 Å². The number of hydrogen-bond donors (Lipinski definition) is 1. The van der Waals surface area contributed by atoms with E-state index in [-0.39, 0.29) is 10.3 Å². The van der Waals surface area contributed by atoms with Gasteiger partial charge in [-0.1, -0.05) is 12.1 Å². The molecule has 4 rings (SSSR count). The molecule has 1 atom stereocenters. The lowest BCUT2D eigenvalue weighted by atomic mass is 10.0. The smallest absolute Gasteiger partial charge is 0.417 e. The zero-order valence-electron chi connectivity index (χ0n) is 19.7. The van der Waals surface area contributed by atoms with Gasteiger partial charge in [0, 0.05) is 16.8 Å². The Labute approximate surface area is 224 Å². The van der Waals surface area contributed by atoms with Crippen LogP contribution in [0.25, 0.3) is 10.1 Å². The maximum Gasteiger partial charge on any atom is 0.417 e. The van der Waals surface area contributed by atoms with Crippen LogP contribution in [0.3, 0.4) is 0 Å². The van der Waals surface area contributed by atoms with E-state index in [1.165, 1.54) is 12.1 Å². The van der Waals surface area contributed by atoms with E-state index in [0.29, 0.717) is 35.1 Å². The molecule has 0 bridgehead atoms. The van der Waals surface area contributed by atoms with Crippen molar-refractivity contribution in [2.75, 3.05) is 6.61 Å². The number of fused-ring (bicyclic) bond motifs is 1. The molecule has 2 heterocycles. The second kappa shape index (κ2) is 11.1. The Hall–Kier alpha value is -3.31. The Morgan fingerprint density at radius 2 is 1.82 bits per heavy atom. The average Bonchev–Trinajstić information content (AvgIpc) is 3.31. The van der Waals surface area contributed by atoms with Crippen LogP contribution in [0.4, 0.5) is 13.2 Å². The van der Waals surface area contributed by atoms with Crippen molar-refractivity contribution in [3.8, 4) is 11.8 Å². The van der Waals surface area contributed by atoms with Crippen molar-refractivity contribution in [1.82, 2.24) is 4.72 Å². The maximum atomic E-state index is 13.4. The molecule has 0 radical (unpaired) electrons. The molecule has 2 aromatic heterocycles. The van der Waals surface area contributed by atoms with Gasteiger partial charge in [-0.3, -0.25) is 0 Å². The van der Waals surface area contributed by atoms with Gasteiger partial charge in [0.1, 0.15) is 16.6 Å². The minimum Gasteiger partial charge on any atom is -0.809 e. The topological polar surface area (TPSA) is 146 Å². The predicted octanol–water partition coefficient (Wildman–Crippen LogP) is 3.05. The van der Waals surface area contributed by atoms with E-state index in [9.17, 15) is 35.9 Å². The number of ether oxygens (including phenoxy) is 1. The SMILES string of the molecule is N#Cc1ccc(C(NS(=O)(=O)c2cc3cc(OCC[n+]4ccccc4)ccc3s2)P(=O)([O-])[O-])cc1C(F)(F)F. The molecule has 0 aliphatic rings. The normalized spacial score (nSPS) is 13.2. The summed E-state index contributed by atoms with van der Waals surface area (Å²) in [6.07, 6.45) is -1.31. The highest BCUT2D eigenvalue weighted by Gasteiger charge is 2.35. The van der Waals surface area contributed by atoms with Gasteiger partial charge in [0.05, 0.1) is 23.0 Å². The molecule has 0 saturated heterocycles. The first-order chi connectivity index (χ1) is 18.3.